The van der Waals surface area contributed by atoms with Gasteiger partial charge in [-0.2, -0.15) is 0 Å². The first-order valence-corrected chi connectivity index (χ1v) is 22.7. The number of carbonyl (C=O) groups is 5. The van der Waals surface area contributed by atoms with E-state index in [1.807, 2.05) is 0 Å². The lowest BCUT2D eigenvalue weighted by molar-refractivity contribution is -0.197. The minimum atomic E-state index is -0.969. The monoisotopic (exact) mass is 917 g/mol. The largest absolute Gasteiger partial charge is 0.444 e. The van der Waals surface area contributed by atoms with E-state index in [9.17, 15) is 24.0 Å². The van der Waals surface area contributed by atoms with Gasteiger partial charge in [0.15, 0.2) is 29.6 Å². The number of unbranched alkanes of at least 4 members (excludes halogenated alkanes) is 2. The zero-order valence-corrected chi connectivity index (χ0v) is 40.2. The molecule has 65 heavy (non-hydrogen) atoms. The van der Waals surface area contributed by atoms with E-state index in [1.165, 1.54) is 12.7 Å². The molecule has 0 radical (unpaired) electrons. The Kier molecular flexibility index (Phi) is 16.5. The average molecular weight is 917 g/mol. The molecule has 0 bridgehead atoms. The van der Waals surface area contributed by atoms with E-state index in [0.717, 1.165) is 0 Å². The number of hydrogen-bond acceptors (Lipinski definition) is 15. The van der Waals surface area contributed by atoms with Crippen LogP contribution in [0.5, 0.6) is 0 Å². The zero-order valence-electron chi connectivity index (χ0n) is 40.2. The Balaban J connectivity index is 1.19. The molecule has 3 N–H and O–H groups in total. The summed E-state index contributed by atoms with van der Waals surface area (Å²) in [6.07, 6.45) is 1.16. The van der Waals surface area contributed by atoms with Crippen molar-refractivity contribution in [1.82, 2.24) is 44.4 Å². The molecule has 21 nitrogen and oxygen atoms in total. The fourth-order valence-electron chi connectivity index (χ4n) is 7.73. The van der Waals surface area contributed by atoms with Gasteiger partial charge >= 0.3 is 18.3 Å². The predicted octanol–water partition coefficient (Wildman–Crippen LogP) is 4.84. The second kappa shape index (κ2) is 21.1. The standard InChI is InChI=1S/C44H72N10O11/c1-41(2,3)63-38(57)51-21-16-22-53(40(59)65-43(7,8)9)26-25-52(39(58)64-42(4,5)6)20-15-19-50(23-24-51)29(55)17-13-12-14-18-46-36(56)32-31-33(62-44(10,11)61-31)37(60-32)54-28-49-30-34(45)47-27-48-35(30)54/h27-28,31-33,37H,12-26H2,1-11H3,(H,46,56)(H2,45,47,48)/t31-,32+,33-,37-/m1/s1. The maximum Gasteiger partial charge on any atom is 0.410 e. The third kappa shape index (κ3) is 14.7. The predicted molar refractivity (Wildman–Crippen MR) is 238 cm³/mol. The molecule has 0 saturated carbocycles. The van der Waals surface area contributed by atoms with Gasteiger partial charge in [-0.25, -0.2) is 29.3 Å². The van der Waals surface area contributed by atoms with Crippen molar-refractivity contribution in [2.24, 2.45) is 0 Å². The van der Waals surface area contributed by atoms with Crippen molar-refractivity contribution in [2.45, 2.75) is 162 Å². The second-order valence-corrected chi connectivity index (χ2v) is 20.2. The summed E-state index contributed by atoms with van der Waals surface area (Å²) in [5.41, 5.74) is 4.64. The molecular formula is C44H72N10O11. The molecular weight excluding hydrogens is 845 g/mol. The first kappa shape index (κ1) is 51.0. The number of rotatable bonds is 8. The van der Waals surface area contributed by atoms with E-state index in [4.69, 9.17) is 34.2 Å². The van der Waals surface area contributed by atoms with Crippen LogP contribution in [0, 0.1) is 0 Å². The third-order valence-electron chi connectivity index (χ3n) is 10.6. The van der Waals surface area contributed by atoms with Gasteiger partial charge in [0.25, 0.3) is 5.91 Å². The van der Waals surface area contributed by atoms with Gasteiger partial charge < -0.3 is 59.1 Å². The Morgan fingerprint density at radius 3 is 1.71 bits per heavy atom. The molecule has 4 atom stereocenters. The molecule has 0 aliphatic carbocycles. The average Bonchev–Trinajstić information content (AvgIpc) is 3.85. The summed E-state index contributed by atoms with van der Waals surface area (Å²) in [4.78, 5) is 86.7. The van der Waals surface area contributed by atoms with Gasteiger partial charge in [0.1, 0.15) is 40.9 Å². The second-order valence-electron chi connectivity index (χ2n) is 20.2. The highest BCUT2D eigenvalue weighted by molar-refractivity contribution is 5.83. The van der Waals surface area contributed by atoms with Gasteiger partial charge in [-0.15, -0.1) is 0 Å². The van der Waals surface area contributed by atoms with Crippen molar-refractivity contribution in [3.05, 3.63) is 12.7 Å². The molecule has 5 heterocycles. The smallest absolute Gasteiger partial charge is 0.410 e. The van der Waals surface area contributed by atoms with Crippen LogP contribution in [0.15, 0.2) is 12.7 Å². The van der Waals surface area contributed by atoms with Crippen LogP contribution >= 0.6 is 0 Å². The maximum absolute atomic E-state index is 13.9. The summed E-state index contributed by atoms with van der Waals surface area (Å²) in [5, 5.41) is 2.97. The van der Waals surface area contributed by atoms with Crippen LogP contribution in [-0.4, -0.2) is 169 Å². The number of amides is 5. The number of nitrogens with zero attached hydrogens (tertiary/aromatic N) is 8. The van der Waals surface area contributed by atoms with Crippen LogP contribution < -0.4 is 11.1 Å². The number of fused-ring (bicyclic) bond motifs is 2. The van der Waals surface area contributed by atoms with Gasteiger partial charge in [-0.3, -0.25) is 14.2 Å². The third-order valence-corrected chi connectivity index (χ3v) is 10.6. The summed E-state index contributed by atoms with van der Waals surface area (Å²) in [7, 11) is 0. The van der Waals surface area contributed by atoms with E-state index >= 15 is 0 Å². The van der Waals surface area contributed by atoms with Crippen molar-refractivity contribution in [3.63, 3.8) is 0 Å². The molecule has 364 valence electrons. The molecule has 3 saturated heterocycles. The van der Waals surface area contributed by atoms with Crippen molar-refractivity contribution in [1.29, 1.82) is 0 Å². The topological polar surface area (TPSA) is 235 Å². The number of ether oxygens (including phenoxy) is 6. The van der Waals surface area contributed by atoms with E-state index in [2.05, 4.69) is 20.3 Å². The molecule has 5 rings (SSSR count). The number of nitrogens with two attached hydrogens (primary N) is 1. The van der Waals surface area contributed by atoms with Crippen molar-refractivity contribution < 1.29 is 52.4 Å². The lowest BCUT2D eigenvalue weighted by atomic mass is 10.1. The number of nitrogens with one attached hydrogen (secondary N) is 1. The molecule has 0 aromatic carbocycles. The highest BCUT2D eigenvalue weighted by atomic mass is 16.8. The summed E-state index contributed by atoms with van der Waals surface area (Å²) >= 11 is 0. The van der Waals surface area contributed by atoms with Crippen LogP contribution in [0.1, 0.15) is 121 Å². The Hall–Kier alpha value is -5.02. The van der Waals surface area contributed by atoms with Gasteiger partial charge in [-0.1, -0.05) is 6.42 Å². The molecule has 2 aromatic rings. The summed E-state index contributed by atoms with van der Waals surface area (Å²) in [6.45, 7) is 21.9. The van der Waals surface area contributed by atoms with Gasteiger partial charge in [0, 0.05) is 65.3 Å². The fourth-order valence-corrected chi connectivity index (χ4v) is 7.73. The van der Waals surface area contributed by atoms with Gasteiger partial charge in [0.2, 0.25) is 5.91 Å². The summed E-state index contributed by atoms with van der Waals surface area (Å²) in [6, 6.07) is 0. The van der Waals surface area contributed by atoms with E-state index in [0.29, 0.717) is 56.4 Å². The minimum Gasteiger partial charge on any atom is -0.444 e. The van der Waals surface area contributed by atoms with Gasteiger partial charge in [-0.05, 0) is 102 Å². The van der Waals surface area contributed by atoms with Crippen LogP contribution in [0.3, 0.4) is 0 Å². The Labute approximate surface area is 382 Å². The number of aromatic nitrogens is 4. The van der Waals surface area contributed by atoms with E-state index < -0.39 is 65.4 Å². The highest BCUT2D eigenvalue weighted by Gasteiger charge is 2.58. The fraction of sp³-hybridized carbons (Fsp3) is 0.773. The van der Waals surface area contributed by atoms with Crippen molar-refractivity contribution in [2.75, 3.05) is 64.6 Å². The molecule has 3 aliphatic heterocycles. The summed E-state index contributed by atoms with van der Waals surface area (Å²) < 4.78 is 37.4. The molecule has 3 aliphatic rings. The molecule has 2 aromatic heterocycles. The van der Waals surface area contributed by atoms with E-state index in [1.54, 1.807) is 100 Å². The highest BCUT2D eigenvalue weighted by Crippen LogP contribution is 2.44. The number of carbonyl (C=O) groups excluding carboxylic acids is 5. The van der Waals surface area contributed by atoms with Crippen LogP contribution in [0.25, 0.3) is 11.2 Å². The number of nitrogen functional groups attached to an aromatic ring is 1. The first-order chi connectivity index (χ1) is 30.3. The maximum atomic E-state index is 13.9. The van der Waals surface area contributed by atoms with Crippen molar-refractivity contribution in [3.8, 4) is 0 Å². The minimum absolute atomic E-state index is 0.0957. The molecule has 0 spiro atoms. The Morgan fingerprint density at radius 2 is 1.18 bits per heavy atom. The molecule has 21 heteroatoms. The van der Waals surface area contributed by atoms with Crippen molar-refractivity contribution >= 4 is 47.1 Å². The normalized spacial score (nSPS) is 22.6. The lowest BCUT2D eigenvalue weighted by Gasteiger charge is -2.34. The molecule has 0 unspecified atom stereocenters. The van der Waals surface area contributed by atoms with Crippen LogP contribution in [-0.2, 0) is 38.0 Å². The first-order valence-electron chi connectivity index (χ1n) is 22.7. The van der Waals surface area contributed by atoms with E-state index in [-0.39, 0.29) is 69.9 Å². The lowest BCUT2D eigenvalue weighted by Crippen LogP contribution is -2.48. The SMILES string of the molecule is CC(C)(C)OC(=O)N1CCCN(C(=O)OC(C)(C)C)CCN(C(=O)OC(C)(C)C)CCCN(C(=O)CCCCCNC(=O)[C@H]2O[C@@H](n3cnc4c(N)ncnc43)[C@@H]3OC(C)(C)O[C@@H]32)CC1. The molecule has 5 amide bonds. The van der Waals surface area contributed by atoms with Crippen LogP contribution in [0.2, 0.25) is 0 Å². The zero-order chi connectivity index (χ0) is 47.9. The number of imidazole rings is 1. The number of anilines is 1. The number of hydrogen-bond donors (Lipinski definition) is 2. The van der Waals surface area contributed by atoms with Crippen LogP contribution in [0.4, 0.5) is 20.2 Å². The Morgan fingerprint density at radius 1 is 0.692 bits per heavy atom. The summed E-state index contributed by atoms with van der Waals surface area (Å²) in [5.74, 6) is -1.18. The molecule has 3 fully saturated rings. The Bertz CT molecular complexity index is 1970. The quantitative estimate of drug-likeness (QED) is 0.266. The van der Waals surface area contributed by atoms with Gasteiger partial charge in [0.05, 0.1) is 6.33 Å².